The summed E-state index contributed by atoms with van der Waals surface area (Å²) in [6.45, 7) is 0.380. The van der Waals surface area contributed by atoms with Crippen molar-refractivity contribution in [1.82, 2.24) is 4.90 Å². The SMILES string of the molecule is COc1cc(F)c(C(=O)N2CC[C@@H](C(=O)O)C2)cc1OC. The standard InChI is InChI=1S/C14H16FNO5/c1-20-11-5-9(10(15)6-12(11)21-2)13(17)16-4-3-8(7-16)14(18)19/h5-6,8H,3-4,7H2,1-2H3,(H,18,19)/t8-/m1/s1. The van der Waals surface area contributed by atoms with Gasteiger partial charge in [0.2, 0.25) is 0 Å². The van der Waals surface area contributed by atoms with Gasteiger partial charge < -0.3 is 19.5 Å². The van der Waals surface area contributed by atoms with Crippen molar-refractivity contribution < 1.29 is 28.6 Å². The number of ether oxygens (including phenoxy) is 2. The van der Waals surface area contributed by atoms with Crippen molar-refractivity contribution in [3.63, 3.8) is 0 Å². The van der Waals surface area contributed by atoms with Crippen LogP contribution in [-0.4, -0.2) is 49.2 Å². The third kappa shape index (κ3) is 2.91. The van der Waals surface area contributed by atoms with Gasteiger partial charge in [0.15, 0.2) is 11.5 Å². The lowest BCUT2D eigenvalue weighted by Gasteiger charge is -2.17. The number of hydrogen-bond donors (Lipinski definition) is 1. The number of halogens is 1. The van der Waals surface area contributed by atoms with E-state index in [0.717, 1.165) is 6.07 Å². The Hall–Kier alpha value is -2.31. The lowest BCUT2D eigenvalue weighted by Crippen LogP contribution is -2.30. The molecule has 1 aromatic rings. The Morgan fingerprint density at radius 2 is 1.90 bits per heavy atom. The zero-order valence-corrected chi connectivity index (χ0v) is 11.8. The van der Waals surface area contributed by atoms with E-state index in [2.05, 4.69) is 0 Å². The Morgan fingerprint density at radius 3 is 2.43 bits per heavy atom. The summed E-state index contributed by atoms with van der Waals surface area (Å²) < 4.78 is 24.0. The Bertz CT molecular complexity index is 575. The molecule has 0 unspecified atom stereocenters. The van der Waals surface area contributed by atoms with E-state index in [1.165, 1.54) is 25.2 Å². The van der Waals surface area contributed by atoms with Gasteiger partial charge in [0.05, 0.1) is 25.7 Å². The lowest BCUT2D eigenvalue weighted by molar-refractivity contribution is -0.141. The number of aliphatic carboxylic acids is 1. The lowest BCUT2D eigenvalue weighted by atomic mass is 10.1. The summed E-state index contributed by atoms with van der Waals surface area (Å²) in [6, 6.07) is 2.35. The maximum atomic E-state index is 14.0. The maximum absolute atomic E-state index is 14.0. The molecule has 1 aromatic carbocycles. The van der Waals surface area contributed by atoms with Crippen molar-refractivity contribution in [2.24, 2.45) is 5.92 Å². The van der Waals surface area contributed by atoms with E-state index in [1.54, 1.807) is 0 Å². The van der Waals surface area contributed by atoms with Gasteiger partial charge in [0.1, 0.15) is 5.82 Å². The first kappa shape index (κ1) is 15.1. The van der Waals surface area contributed by atoms with Crippen LogP contribution in [0.4, 0.5) is 4.39 Å². The van der Waals surface area contributed by atoms with Crippen LogP contribution >= 0.6 is 0 Å². The second-order valence-electron chi connectivity index (χ2n) is 4.76. The van der Waals surface area contributed by atoms with Gasteiger partial charge in [-0.15, -0.1) is 0 Å². The molecule has 2 rings (SSSR count). The van der Waals surface area contributed by atoms with Gasteiger partial charge in [0, 0.05) is 19.2 Å². The summed E-state index contributed by atoms with van der Waals surface area (Å²) >= 11 is 0. The molecule has 0 spiro atoms. The molecule has 114 valence electrons. The second kappa shape index (κ2) is 5.99. The van der Waals surface area contributed by atoms with Crippen molar-refractivity contribution in [2.75, 3.05) is 27.3 Å². The van der Waals surface area contributed by atoms with E-state index in [4.69, 9.17) is 14.6 Å². The molecule has 21 heavy (non-hydrogen) atoms. The normalized spacial score (nSPS) is 17.7. The number of rotatable bonds is 4. The molecule has 0 saturated carbocycles. The molecule has 1 N–H and O–H groups in total. The summed E-state index contributed by atoms with van der Waals surface area (Å²) in [5.41, 5.74) is -0.154. The maximum Gasteiger partial charge on any atom is 0.308 e. The number of nitrogens with zero attached hydrogens (tertiary/aromatic N) is 1. The monoisotopic (exact) mass is 297 g/mol. The van der Waals surface area contributed by atoms with Gasteiger partial charge in [-0.2, -0.15) is 0 Å². The number of methoxy groups -OCH3 is 2. The first-order valence-corrected chi connectivity index (χ1v) is 6.41. The zero-order valence-electron chi connectivity index (χ0n) is 11.8. The first-order chi connectivity index (χ1) is 9.97. The topological polar surface area (TPSA) is 76.1 Å². The zero-order chi connectivity index (χ0) is 15.6. The van der Waals surface area contributed by atoms with Gasteiger partial charge in [-0.1, -0.05) is 0 Å². The number of likely N-dealkylation sites (tertiary alicyclic amines) is 1. The molecule has 1 fully saturated rings. The van der Waals surface area contributed by atoms with Crippen LogP contribution < -0.4 is 9.47 Å². The highest BCUT2D eigenvalue weighted by Crippen LogP contribution is 2.31. The molecular weight excluding hydrogens is 281 g/mol. The minimum absolute atomic E-state index is 0.0853. The number of benzene rings is 1. The number of hydrogen-bond acceptors (Lipinski definition) is 4. The van der Waals surface area contributed by atoms with Crippen LogP contribution in [0, 0.1) is 11.7 Å². The Balaban J connectivity index is 2.26. The average Bonchev–Trinajstić information content (AvgIpc) is 2.96. The molecule has 0 aliphatic carbocycles. The van der Waals surface area contributed by atoms with Crippen molar-refractivity contribution in [1.29, 1.82) is 0 Å². The molecular formula is C14H16FNO5. The van der Waals surface area contributed by atoms with E-state index in [9.17, 15) is 14.0 Å². The predicted octanol–water partition coefficient (Wildman–Crippen LogP) is 1.39. The number of amides is 1. The first-order valence-electron chi connectivity index (χ1n) is 6.41. The highest BCUT2D eigenvalue weighted by Gasteiger charge is 2.32. The van der Waals surface area contributed by atoms with Gasteiger partial charge in [-0.05, 0) is 12.5 Å². The molecule has 1 aliphatic rings. The van der Waals surface area contributed by atoms with E-state index in [-0.39, 0.29) is 23.6 Å². The van der Waals surface area contributed by atoms with Crippen LogP contribution in [0.2, 0.25) is 0 Å². The molecule has 6 nitrogen and oxygen atoms in total. The fourth-order valence-corrected chi connectivity index (χ4v) is 2.33. The largest absolute Gasteiger partial charge is 0.493 e. The van der Waals surface area contributed by atoms with Crippen molar-refractivity contribution >= 4 is 11.9 Å². The summed E-state index contributed by atoms with van der Waals surface area (Å²) in [5.74, 6) is -2.38. The quantitative estimate of drug-likeness (QED) is 0.909. The van der Waals surface area contributed by atoms with Crippen LogP contribution in [0.15, 0.2) is 12.1 Å². The van der Waals surface area contributed by atoms with Gasteiger partial charge in [-0.25, -0.2) is 4.39 Å². The van der Waals surface area contributed by atoms with Crippen molar-refractivity contribution in [3.8, 4) is 11.5 Å². The third-order valence-electron chi connectivity index (χ3n) is 3.53. The van der Waals surface area contributed by atoms with E-state index in [1.807, 2.05) is 0 Å². The highest BCUT2D eigenvalue weighted by molar-refractivity contribution is 5.95. The van der Waals surface area contributed by atoms with E-state index >= 15 is 0 Å². The van der Waals surface area contributed by atoms with Gasteiger partial charge in [-0.3, -0.25) is 9.59 Å². The van der Waals surface area contributed by atoms with Crippen LogP contribution in [0.1, 0.15) is 16.8 Å². The van der Waals surface area contributed by atoms with E-state index in [0.29, 0.717) is 13.0 Å². The molecule has 1 atom stereocenters. The number of carbonyl (C=O) groups is 2. The Kier molecular flexibility index (Phi) is 4.30. The fraction of sp³-hybridized carbons (Fsp3) is 0.429. The smallest absolute Gasteiger partial charge is 0.308 e. The highest BCUT2D eigenvalue weighted by atomic mass is 19.1. The fourth-order valence-electron chi connectivity index (χ4n) is 2.33. The molecule has 7 heteroatoms. The summed E-state index contributed by atoms with van der Waals surface area (Å²) in [4.78, 5) is 24.5. The van der Waals surface area contributed by atoms with Crippen LogP contribution in [0.5, 0.6) is 11.5 Å². The second-order valence-corrected chi connectivity index (χ2v) is 4.76. The molecule has 0 bridgehead atoms. The summed E-state index contributed by atoms with van der Waals surface area (Å²) in [5, 5.41) is 8.94. The number of carboxylic acids is 1. The molecule has 0 aromatic heterocycles. The third-order valence-corrected chi connectivity index (χ3v) is 3.53. The molecule has 1 amide bonds. The number of carbonyl (C=O) groups excluding carboxylic acids is 1. The minimum atomic E-state index is -0.946. The Morgan fingerprint density at radius 1 is 1.29 bits per heavy atom. The number of carboxylic acid groups (broad SMARTS) is 1. The predicted molar refractivity (Wildman–Crippen MR) is 71.2 cm³/mol. The van der Waals surface area contributed by atoms with Crippen LogP contribution in [0.25, 0.3) is 0 Å². The van der Waals surface area contributed by atoms with Crippen molar-refractivity contribution in [2.45, 2.75) is 6.42 Å². The molecule has 1 heterocycles. The van der Waals surface area contributed by atoms with Gasteiger partial charge in [0.25, 0.3) is 5.91 Å². The molecule has 1 aliphatic heterocycles. The minimum Gasteiger partial charge on any atom is -0.493 e. The van der Waals surface area contributed by atoms with Crippen LogP contribution in [0.3, 0.4) is 0 Å². The summed E-state index contributed by atoms with van der Waals surface area (Å²) in [7, 11) is 2.76. The molecule has 0 radical (unpaired) electrons. The van der Waals surface area contributed by atoms with Crippen molar-refractivity contribution in [3.05, 3.63) is 23.5 Å². The van der Waals surface area contributed by atoms with Gasteiger partial charge >= 0.3 is 5.97 Å². The summed E-state index contributed by atoms with van der Waals surface area (Å²) in [6.07, 6.45) is 0.371. The van der Waals surface area contributed by atoms with Crippen LogP contribution in [-0.2, 0) is 4.79 Å². The average molecular weight is 297 g/mol. The molecule has 1 saturated heterocycles. The van der Waals surface area contributed by atoms with E-state index < -0.39 is 23.6 Å². The Labute approximate surface area is 121 Å².